The average Bonchev–Trinajstić information content (AvgIpc) is 3.37. The first-order valence-corrected chi connectivity index (χ1v) is 11.7. The van der Waals surface area contributed by atoms with Gasteiger partial charge in [-0.3, -0.25) is 20.2 Å². The lowest BCUT2D eigenvalue weighted by Crippen LogP contribution is -2.75. The summed E-state index contributed by atoms with van der Waals surface area (Å²) in [7, 11) is 0. The summed E-state index contributed by atoms with van der Waals surface area (Å²) >= 11 is 1.36. The van der Waals surface area contributed by atoms with Crippen molar-refractivity contribution >= 4 is 45.8 Å². The van der Waals surface area contributed by atoms with Crippen LogP contribution in [0.5, 0.6) is 0 Å². The van der Waals surface area contributed by atoms with Crippen molar-refractivity contribution in [2.45, 2.75) is 45.4 Å². The number of hydrogen-bond acceptors (Lipinski definition) is 9. The molecule has 3 aliphatic heterocycles. The van der Waals surface area contributed by atoms with Crippen molar-refractivity contribution in [1.82, 2.24) is 20.8 Å². The van der Waals surface area contributed by atoms with Gasteiger partial charge in [0.15, 0.2) is 11.2 Å². The lowest BCUT2D eigenvalue weighted by molar-refractivity contribution is -0.153. The molecule has 2 N–H and O–H groups in total. The molecule has 0 aliphatic carbocycles. The molecule has 1 aromatic carbocycles. The zero-order chi connectivity index (χ0) is 23.9. The largest absolute Gasteiger partial charge is 0.372 e. The van der Waals surface area contributed by atoms with Crippen LogP contribution < -0.4 is 15.5 Å². The van der Waals surface area contributed by atoms with Crippen molar-refractivity contribution in [2.75, 3.05) is 11.4 Å². The van der Waals surface area contributed by atoms with E-state index in [0.29, 0.717) is 16.6 Å². The molecule has 5 heterocycles. The van der Waals surface area contributed by atoms with Crippen LogP contribution in [0.15, 0.2) is 16.1 Å². The normalized spacial score (nSPS) is 25.8. The topological polar surface area (TPSA) is 127 Å². The minimum atomic E-state index is -1.68. The number of rotatable bonds is 1. The Bertz CT molecular complexity index is 1380. The maximum absolute atomic E-state index is 16.1. The third-order valence-electron chi connectivity index (χ3n) is 6.93. The second-order valence-corrected chi connectivity index (χ2v) is 9.86. The molecular formula is C22H20FN5O5S. The summed E-state index contributed by atoms with van der Waals surface area (Å²) in [5.74, 6) is -2.06. The number of amides is 4. The number of fused-ring (bicyclic) bond motifs is 5. The number of urea groups is 1. The predicted octanol–water partition coefficient (Wildman–Crippen LogP) is 2.29. The fourth-order valence-corrected chi connectivity index (χ4v) is 6.44. The number of nitrogens with zero attached hydrogens (tertiary/aromatic N) is 3. The number of morpholine rings is 1. The molecule has 0 unspecified atom stereocenters. The third-order valence-corrected chi connectivity index (χ3v) is 7.86. The van der Waals surface area contributed by atoms with Crippen LogP contribution in [0.25, 0.3) is 21.5 Å². The third kappa shape index (κ3) is 2.66. The molecule has 34 heavy (non-hydrogen) atoms. The number of carbonyl (C=O) groups excluding carboxylic acids is 3. The van der Waals surface area contributed by atoms with Gasteiger partial charge in [-0.2, -0.15) is 0 Å². The van der Waals surface area contributed by atoms with Crippen LogP contribution in [-0.2, 0) is 20.7 Å². The van der Waals surface area contributed by atoms with Gasteiger partial charge in [-0.25, -0.2) is 14.2 Å². The van der Waals surface area contributed by atoms with E-state index in [4.69, 9.17) is 9.26 Å². The van der Waals surface area contributed by atoms with Crippen molar-refractivity contribution in [3.63, 3.8) is 0 Å². The van der Waals surface area contributed by atoms with Gasteiger partial charge in [0, 0.05) is 13.0 Å². The number of barbiturate groups is 1. The highest BCUT2D eigenvalue weighted by Gasteiger charge is 2.63. The Morgan fingerprint density at radius 1 is 1.24 bits per heavy atom. The lowest BCUT2D eigenvalue weighted by Gasteiger charge is -2.55. The Morgan fingerprint density at radius 2 is 1.97 bits per heavy atom. The highest BCUT2D eigenvalue weighted by molar-refractivity contribution is 7.13. The molecule has 3 aliphatic rings. The summed E-state index contributed by atoms with van der Waals surface area (Å²) in [6, 6.07) is 0.0140. The lowest BCUT2D eigenvalue weighted by atomic mass is 9.66. The Hall–Kier alpha value is -3.38. The number of halogens is 1. The van der Waals surface area contributed by atoms with E-state index >= 15 is 4.39 Å². The van der Waals surface area contributed by atoms with Gasteiger partial charge in [0.05, 0.1) is 45.4 Å². The minimum absolute atomic E-state index is 0.00391. The summed E-state index contributed by atoms with van der Waals surface area (Å²) in [5, 5.41) is 9.01. The molecule has 12 heteroatoms. The van der Waals surface area contributed by atoms with Crippen LogP contribution in [-0.4, -0.2) is 52.8 Å². The van der Waals surface area contributed by atoms with Gasteiger partial charge in [-0.05, 0) is 32.4 Å². The molecule has 2 saturated heterocycles. The maximum Gasteiger partial charge on any atom is 0.328 e. The van der Waals surface area contributed by atoms with Crippen molar-refractivity contribution in [3.8, 4) is 10.6 Å². The number of aryl methyl sites for hydroxylation is 1. The van der Waals surface area contributed by atoms with Crippen LogP contribution >= 0.6 is 11.3 Å². The Kier molecular flexibility index (Phi) is 4.40. The predicted molar refractivity (Wildman–Crippen MR) is 119 cm³/mol. The Balaban J connectivity index is 1.61. The number of thiazole rings is 1. The molecule has 6 rings (SSSR count). The van der Waals surface area contributed by atoms with E-state index in [0.717, 1.165) is 10.6 Å². The van der Waals surface area contributed by atoms with E-state index < -0.39 is 41.2 Å². The van der Waals surface area contributed by atoms with Crippen LogP contribution in [0.4, 0.5) is 14.9 Å². The number of nitrogens with one attached hydrogen (secondary N) is 2. The molecule has 0 radical (unpaired) electrons. The number of aromatic nitrogens is 2. The van der Waals surface area contributed by atoms with Crippen LogP contribution in [0.1, 0.15) is 25.1 Å². The molecule has 0 saturated carbocycles. The van der Waals surface area contributed by atoms with Gasteiger partial charge in [-0.1, -0.05) is 5.16 Å². The molecule has 2 aromatic heterocycles. The zero-order valence-electron chi connectivity index (χ0n) is 18.5. The molecule has 2 fully saturated rings. The number of carbonyl (C=O) groups is 3. The van der Waals surface area contributed by atoms with E-state index in [1.807, 2.05) is 13.8 Å². The monoisotopic (exact) mass is 485 g/mol. The quantitative estimate of drug-likeness (QED) is 0.503. The molecule has 3 aromatic rings. The summed E-state index contributed by atoms with van der Waals surface area (Å²) in [6.45, 7) is 5.65. The SMILES string of the molecule is Cc1ncsc1-c1noc2c(F)c3c(cc12)CC1(C(=O)NC(=O)NC1=O)[C@H]1[C@H](C)O[C@H](C)CN31. The fourth-order valence-electron chi connectivity index (χ4n) is 5.64. The van der Waals surface area contributed by atoms with Crippen LogP contribution in [0.3, 0.4) is 0 Å². The number of ether oxygens (including phenoxy) is 1. The van der Waals surface area contributed by atoms with E-state index in [1.165, 1.54) is 11.3 Å². The smallest absolute Gasteiger partial charge is 0.328 e. The number of imide groups is 2. The molecule has 176 valence electrons. The van der Waals surface area contributed by atoms with Gasteiger partial charge in [-0.15, -0.1) is 11.3 Å². The van der Waals surface area contributed by atoms with Crippen molar-refractivity contribution < 1.29 is 28.0 Å². The van der Waals surface area contributed by atoms with Crippen molar-refractivity contribution in [2.24, 2.45) is 5.41 Å². The van der Waals surface area contributed by atoms with Gasteiger partial charge < -0.3 is 14.2 Å². The number of benzene rings is 1. The maximum atomic E-state index is 16.1. The highest BCUT2D eigenvalue weighted by Crippen LogP contribution is 2.50. The van der Waals surface area contributed by atoms with Gasteiger partial charge in [0.2, 0.25) is 17.4 Å². The van der Waals surface area contributed by atoms with E-state index in [9.17, 15) is 14.4 Å². The fraction of sp³-hybridized carbons (Fsp3) is 0.409. The van der Waals surface area contributed by atoms with Crippen LogP contribution in [0, 0.1) is 18.2 Å². The van der Waals surface area contributed by atoms with Gasteiger partial charge in [0.1, 0.15) is 5.69 Å². The molecule has 0 bridgehead atoms. The van der Waals surface area contributed by atoms with E-state index in [2.05, 4.69) is 20.8 Å². The minimum Gasteiger partial charge on any atom is -0.372 e. The van der Waals surface area contributed by atoms with Crippen LogP contribution in [0.2, 0.25) is 0 Å². The molecule has 3 atom stereocenters. The molecule has 4 amide bonds. The first kappa shape index (κ1) is 21.2. The number of hydrogen-bond donors (Lipinski definition) is 2. The van der Waals surface area contributed by atoms with Crippen molar-refractivity contribution in [1.29, 1.82) is 0 Å². The summed E-state index contributed by atoms with van der Waals surface area (Å²) in [6.07, 6.45) is -0.997. The second kappa shape index (κ2) is 7.06. The molecular weight excluding hydrogens is 465 g/mol. The summed E-state index contributed by atoms with van der Waals surface area (Å²) < 4.78 is 27.5. The average molecular weight is 485 g/mol. The second-order valence-electron chi connectivity index (χ2n) is 9.01. The summed E-state index contributed by atoms with van der Waals surface area (Å²) in [5.41, 5.74) is 1.87. The van der Waals surface area contributed by atoms with E-state index in [-0.39, 0.29) is 30.3 Å². The molecule has 1 spiro atoms. The Morgan fingerprint density at radius 3 is 2.65 bits per heavy atom. The highest BCUT2D eigenvalue weighted by atomic mass is 32.1. The standard InChI is InChI=1S/C22H20FN5O5S/c1-8-6-28-15-11(4-12-14(17-9(2)24-7-34-17)27-33-16(12)13(15)23)5-22(18(28)10(3)32-8)19(29)25-21(31)26-20(22)30/h4,7-8,10,18H,5-6H2,1-3H3,(H2,25,26,29,30,31)/t8-,10+,18-/m1/s1. The first-order chi connectivity index (χ1) is 16.2. The summed E-state index contributed by atoms with van der Waals surface area (Å²) in [4.78, 5) is 45.1. The van der Waals surface area contributed by atoms with Crippen molar-refractivity contribution in [3.05, 3.63) is 28.7 Å². The zero-order valence-corrected chi connectivity index (χ0v) is 19.3. The van der Waals surface area contributed by atoms with E-state index in [1.54, 1.807) is 23.4 Å². The number of anilines is 1. The Labute approximate surface area is 196 Å². The molecule has 10 nitrogen and oxygen atoms in total. The van der Waals surface area contributed by atoms with Gasteiger partial charge in [0.25, 0.3) is 0 Å². The first-order valence-electron chi connectivity index (χ1n) is 10.8. The van der Waals surface area contributed by atoms with Gasteiger partial charge >= 0.3 is 6.03 Å².